The topological polar surface area (TPSA) is 61.4 Å². The number of guanidine groups is 1. The number of nitrogens with zero attached hydrogens (tertiary/aromatic N) is 3. The van der Waals surface area contributed by atoms with Gasteiger partial charge in [0.15, 0.2) is 17.5 Å². The number of piperazine rings is 3. The van der Waals surface area contributed by atoms with Gasteiger partial charge in [0.25, 0.3) is 0 Å². The zero-order valence-electron chi connectivity index (χ0n) is 15.9. The molecule has 3 fully saturated rings. The number of hydrogen-bond donors (Lipinski definition) is 2. The molecule has 2 bridgehead atoms. The minimum absolute atomic E-state index is 0. The van der Waals surface area contributed by atoms with Crippen LogP contribution in [0.3, 0.4) is 0 Å². The summed E-state index contributed by atoms with van der Waals surface area (Å²) in [6, 6.07) is 6.49. The number of aliphatic imine (C=N–C) groups is 1. The molecule has 1 atom stereocenters. The van der Waals surface area contributed by atoms with Gasteiger partial charge >= 0.3 is 0 Å². The monoisotopic (exact) mass is 487 g/mol. The van der Waals surface area contributed by atoms with Gasteiger partial charge in [0.05, 0.1) is 19.8 Å². The van der Waals surface area contributed by atoms with Crippen LogP contribution in [0.2, 0.25) is 0 Å². The largest absolute Gasteiger partial charge is 0.490 e. The number of halogens is 1. The van der Waals surface area contributed by atoms with Gasteiger partial charge in [-0.1, -0.05) is 0 Å². The van der Waals surface area contributed by atoms with Crippen molar-refractivity contribution < 1.29 is 9.47 Å². The fourth-order valence-corrected chi connectivity index (χ4v) is 3.78. The molecule has 4 aliphatic rings. The van der Waals surface area contributed by atoms with Crippen LogP contribution in [0, 0.1) is 0 Å². The first-order chi connectivity index (χ1) is 12.8. The SMILES string of the molecule is CCNC(=NCC1CN2CCN1CC2)Nc1ccc2c(c1)OCCCO2.I. The van der Waals surface area contributed by atoms with Crippen LogP contribution in [0.25, 0.3) is 0 Å². The third kappa shape index (κ3) is 5.17. The summed E-state index contributed by atoms with van der Waals surface area (Å²) in [5.41, 5.74) is 0.961. The molecule has 0 radical (unpaired) electrons. The maximum absolute atomic E-state index is 5.78. The molecule has 2 N–H and O–H groups in total. The Morgan fingerprint density at radius 2 is 1.93 bits per heavy atom. The van der Waals surface area contributed by atoms with E-state index < -0.39 is 0 Å². The highest BCUT2D eigenvalue weighted by Crippen LogP contribution is 2.32. The minimum atomic E-state index is 0. The Morgan fingerprint density at radius 1 is 1.15 bits per heavy atom. The Bertz CT molecular complexity index is 649. The van der Waals surface area contributed by atoms with E-state index in [0.29, 0.717) is 19.3 Å². The van der Waals surface area contributed by atoms with Crippen molar-refractivity contribution in [2.75, 3.05) is 64.3 Å². The molecule has 0 spiro atoms. The Balaban J connectivity index is 0.00000210. The summed E-state index contributed by atoms with van der Waals surface area (Å²) in [5, 5.41) is 6.75. The third-order valence-electron chi connectivity index (χ3n) is 5.21. The summed E-state index contributed by atoms with van der Waals surface area (Å²) in [5.74, 6) is 2.43. The van der Waals surface area contributed by atoms with Crippen LogP contribution in [0.15, 0.2) is 23.2 Å². The molecule has 4 aliphatic heterocycles. The lowest BCUT2D eigenvalue weighted by Gasteiger charge is -2.47. The summed E-state index contributed by atoms with van der Waals surface area (Å²) in [6.07, 6.45) is 0.913. The van der Waals surface area contributed by atoms with Crippen LogP contribution < -0.4 is 20.1 Å². The van der Waals surface area contributed by atoms with Gasteiger partial charge in [-0.15, -0.1) is 24.0 Å². The number of fused-ring (bicyclic) bond motifs is 4. The Kier molecular flexibility index (Phi) is 7.42. The lowest BCUT2D eigenvalue weighted by Crippen LogP contribution is -2.61. The molecule has 5 rings (SSSR count). The van der Waals surface area contributed by atoms with Gasteiger partial charge in [-0.05, 0) is 19.1 Å². The van der Waals surface area contributed by atoms with Crippen LogP contribution in [-0.2, 0) is 0 Å². The highest BCUT2D eigenvalue weighted by molar-refractivity contribution is 14.0. The standard InChI is InChI=1S/C19H29N5O2.HI/c1-2-20-19(21-13-16-14-23-6-8-24(16)9-7-23)22-15-4-5-17-18(12-15)26-11-3-10-25-17;/h4-5,12,16H,2-3,6-11,13-14H2,1H3,(H2,20,21,22);1H. The van der Waals surface area contributed by atoms with E-state index in [2.05, 4.69) is 27.4 Å². The average molecular weight is 487 g/mol. The maximum Gasteiger partial charge on any atom is 0.195 e. The van der Waals surface area contributed by atoms with Gasteiger partial charge in [0.1, 0.15) is 0 Å². The van der Waals surface area contributed by atoms with Crippen molar-refractivity contribution in [2.24, 2.45) is 4.99 Å². The smallest absolute Gasteiger partial charge is 0.195 e. The van der Waals surface area contributed by atoms with Crippen LogP contribution in [-0.4, -0.2) is 80.8 Å². The van der Waals surface area contributed by atoms with Gasteiger partial charge in [-0.2, -0.15) is 0 Å². The van der Waals surface area contributed by atoms with E-state index in [1.807, 2.05) is 18.2 Å². The number of nitrogens with one attached hydrogen (secondary N) is 2. The van der Waals surface area contributed by atoms with Crippen LogP contribution in [0.4, 0.5) is 5.69 Å². The molecular weight excluding hydrogens is 457 g/mol. The van der Waals surface area contributed by atoms with E-state index >= 15 is 0 Å². The van der Waals surface area contributed by atoms with Crippen LogP contribution in [0.1, 0.15) is 13.3 Å². The first-order valence-electron chi connectivity index (χ1n) is 9.73. The number of hydrogen-bond acceptors (Lipinski definition) is 5. The van der Waals surface area contributed by atoms with E-state index in [1.54, 1.807) is 0 Å². The van der Waals surface area contributed by atoms with Gasteiger partial charge in [-0.3, -0.25) is 14.8 Å². The predicted octanol–water partition coefficient (Wildman–Crippen LogP) is 1.84. The Labute approximate surface area is 178 Å². The minimum Gasteiger partial charge on any atom is -0.490 e. The van der Waals surface area contributed by atoms with E-state index in [9.17, 15) is 0 Å². The maximum atomic E-state index is 5.78. The van der Waals surface area contributed by atoms with Crippen LogP contribution in [0.5, 0.6) is 11.5 Å². The molecule has 4 heterocycles. The number of anilines is 1. The molecule has 0 aliphatic carbocycles. The second-order valence-corrected chi connectivity index (χ2v) is 7.05. The summed E-state index contributed by atoms with van der Waals surface area (Å²) >= 11 is 0. The molecule has 1 aromatic carbocycles. The van der Waals surface area contributed by atoms with Crippen molar-refractivity contribution in [3.63, 3.8) is 0 Å². The number of benzene rings is 1. The Hall–Kier alpha value is -1.26. The van der Waals surface area contributed by atoms with Gasteiger partial charge in [0, 0.05) is 63.5 Å². The molecule has 1 aromatic rings. The van der Waals surface area contributed by atoms with Crippen molar-refractivity contribution in [2.45, 2.75) is 19.4 Å². The second kappa shape index (κ2) is 9.79. The third-order valence-corrected chi connectivity index (χ3v) is 5.21. The van der Waals surface area contributed by atoms with E-state index in [0.717, 1.165) is 49.2 Å². The van der Waals surface area contributed by atoms with Gasteiger partial charge in [0.2, 0.25) is 0 Å². The summed E-state index contributed by atoms with van der Waals surface area (Å²) < 4.78 is 11.5. The Morgan fingerprint density at radius 3 is 2.63 bits per heavy atom. The van der Waals surface area contributed by atoms with E-state index in [4.69, 9.17) is 14.5 Å². The summed E-state index contributed by atoms with van der Waals surface area (Å²) in [6.45, 7) is 11.0. The lowest BCUT2D eigenvalue weighted by atomic mass is 10.1. The average Bonchev–Trinajstić information content (AvgIpc) is 2.92. The van der Waals surface area contributed by atoms with E-state index in [-0.39, 0.29) is 24.0 Å². The van der Waals surface area contributed by atoms with Crippen LogP contribution >= 0.6 is 24.0 Å². The van der Waals surface area contributed by atoms with E-state index in [1.165, 1.54) is 26.2 Å². The first-order valence-corrected chi connectivity index (χ1v) is 9.73. The van der Waals surface area contributed by atoms with Crippen molar-refractivity contribution in [3.05, 3.63) is 18.2 Å². The molecule has 150 valence electrons. The molecule has 1 unspecified atom stereocenters. The first kappa shape index (κ1) is 20.5. The number of rotatable bonds is 4. The molecule has 3 saturated heterocycles. The highest BCUT2D eigenvalue weighted by atomic mass is 127. The second-order valence-electron chi connectivity index (χ2n) is 7.05. The molecular formula is C19H30IN5O2. The zero-order chi connectivity index (χ0) is 17.8. The molecule has 0 saturated carbocycles. The fraction of sp³-hybridized carbons (Fsp3) is 0.632. The normalized spacial score (nSPS) is 26.7. The number of ether oxygens (including phenoxy) is 2. The quantitative estimate of drug-likeness (QED) is 0.384. The summed E-state index contributed by atoms with van der Waals surface area (Å²) in [4.78, 5) is 9.95. The predicted molar refractivity (Wildman–Crippen MR) is 119 cm³/mol. The van der Waals surface area contributed by atoms with Crippen molar-refractivity contribution in [1.29, 1.82) is 0 Å². The molecule has 0 amide bonds. The summed E-state index contributed by atoms with van der Waals surface area (Å²) in [7, 11) is 0. The molecule has 27 heavy (non-hydrogen) atoms. The van der Waals surface area contributed by atoms with Crippen molar-refractivity contribution in [1.82, 2.24) is 15.1 Å². The fourth-order valence-electron chi connectivity index (χ4n) is 3.78. The molecule has 8 heteroatoms. The lowest BCUT2D eigenvalue weighted by molar-refractivity contribution is 0.0174. The van der Waals surface area contributed by atoms with Crippen molar-refractivity contribution in [3.8, 4) is 11.5 Å². The van der Waals surface area contributed by atoms with Crippen molar-refractivity contribution >= 4 is 35.6 Å². The highest BCUT2D eigenvalue weighted by Gasteiger charge is 2.31. The van der Waals surface area contributed by atoms with Gasteiger partial charge < -0.3 is 20.1 Å². The molecule has 7 nitrogen and oxygen atoms in total. The zero-order valence-corrected chi connectivity index (χ0v) is 18.3. The molecule has 0 aromatic heterocycles. The van der Waals surface area contributed by atoms with Gasteiger partial charge in [-0.25, -0.2) is 0 Å².